The van der Waals surface area contributed by atoms with Crippen molar-refractivity contribution in [3.05, 3.63) is 22.3 Å². The van der Waals surface area contributed by atoms with Crippen molar-refractivity contribution in [2.24, 2.45) is 0 Å². The Labute approximate surface area is 55.2 Å². The first kappa shape index (κ1) is 5.97. The predicted molar refractivity (Wildman–Crippen MR) is 40.2 cm³/mol. The third-order valence-electron chi connectivity index (χ3n) is 0.802. The van der Waals surface area contributed by atoms with Crippen LogP contribution in [0.1, 0.15) is 0 Å². The van der Waals surface area contributed by atoms with E-state index in [2.05, 4.69) is 3.95 Å². The van der Waals surface area contributed by atoms with Crippen molar-refractivity contribution in [3.63, 3.8) is 0 Å². The Morgan fingerprint density at radius 2 is 2.25 bits per heavy atom. The Morgan fingerprint density at radius 3 is 2.62 bits per heavy atom. The number of allylic oxidation sites excluding steroid dienone is 3. The fourth-order valence-corrected chi connectivity index (χ4v) is 2.17. The Bertz CT molecular complexity index is 162. The zero-order chi connectivity index (χ0) is 5.98. The van der Waals surface area contributed by atoms with E-state index in [-0.39, 0.29) is 3.79 Å². The SMILES string of the molecule is [NH3+]I1C=CC=CC1=O. The van der Waals surface area contributed by atoms with Crippen molar-refractivity contribution in [3.8, 4) is 0 Å². The number of quaternary nitrogens is 1. The van der Waals surface area contributed by atoms with Gasteiger partial charge in [0.1, 0.15) is 0 Å². The average molecular weight is 224 g/mol. The predicted octanol–water partition coefficient (Wildman–Crippen LogP) is 0.260. The van der Waals surface area contributed by atoms with Crippen LogP contribution in [-0.2, 0) is 4.79 Å². The maximum absolute atomic E-state index is 10.7. The molecule has 0 aromatic carbocycles. The van der Waals surface area contributed by atoms with Crippen molar-refractivity contribution >= 4 is 23.9 Å². The molecule has 0 aromatic heterocycles. The molecule has 1 rings (SSSR count). The summed E-state index contributed by atoms with van der Waals surface area (Å²) in [5.74, 6) is 0. The van der Waals surface area contributed by atoms with Gasteiger partial charge in [0.25, 0.3) is 0 Å². The molecule has 0 atom stereocenters. The van der Waals surface area contributed by atoms with Crippen LogP contribution in [0.4, 0.5) is 0 Å². The summed E-state index contributed by atoms with van der Waals surface area (Å²) in [6, 6.07) is 0. The van der Waals surface area contributed by atoms with Gasteiger partial charge in [0.05, 0.1) is 0 Å². The molecule has 3 heteroatoms. The van der Waals surface area contributed by atoms with Gasteiger partial charge in [-0.1, -0.05) is 0 Å². The minimum atomic E-state index is -1.50. The molecular weight excluding hydrogens is 217 g/mol. The normalized spacial score (nSPS) is 22.1. The monoisotopic (exact) mass is 224 g/mol. The summed E-state index contributed by atoms with van der Waals surface area (Å²) in [5, 5.41) is 0. The fourth-order valence-electron chi connectivity index (χ4n) is 0.404. The number of halogens is 1. The molecule has 1 aliphatic heterocycles. The molecule has 1 heterocycles. The number of hydrogen-bond acceptors (Lipinski definition) is 1. The second-order valence-corrected chi connectivity index (χ2v) is 5.43. The van der Waals surface area contributed by atoms with Crippen molar-refractivity contribution in [1.82, 2.24) is 0 Å². The van der Waals surface area contributed by atoms with Crippen molar-refractivity contribution in [2.75, 3.05) is 0 Å². The van der Waals surface area contributed by atoms with Gasteiger partial charge in [0.2, 0.25) is 0 Å². The van der Waals surface area contributed by atoms with Gasteiger partial charge in [-0.2, -0.15) is 0 Å². The number of hydrogen-bond donors (Lipinski definition) is 1. The Morgan fingerprint density at radius 1 is 1.50 bits per heavy atom. The van der Waals surface area contributed by atoms with Crippen LogP contribution in [0.2, 0.25) is 0 Å². The number of carbonyl (C=O) groups is 1. The zero-order valence-corrected chi connectivity index (χ0v) is 6.46. The fraction of sp³-hybridized carbons (Fsp3) is 0. The average Bonchev–Trinajstić information content (AvgIpc) is 1.77. The van der Waals surface area contributed by atoms with Crippen LogP contribution in [0.3, 0.4) is 0 Å². The van der Waals surface area contributed by atoms with Crippen molar-refractivity contribution < 1.29 is 8.74 Å². The Hall–Kier alpha value is -0.160. The molecule has 0 bridgehead atoms. The number of carbonyl (C=O) groups excluding carboxylic acids is 1. The van der Waals surface area contributed by atoms with Crippen LogP contribution in [0, 0.1) is 0 Å². The van der Waals surface area contributed by atoms with E-state index in [1.807, 2.05) is 10.2 Å². The van der Waals surface area contributed by atoms with Gasteiger partial charge in [0.15, 0.2) is 0 Å². The van der Waals surface area contributed by atoms with E-state index in [0.29, 0.717) is 0 Å². The van der Waals surface area contributed by atoms with Gasteiger partial charge in [0, 0.05) is 0 Å². The molecule has 0 fully saturated rings. The first-order valence-corrected chi connectivity index (χ1v) is 6.02. The second-order valence-electron chi connectivity index (χ2n) is 1.38. The maximum atomic E-state index is 10.7. The quantitative estimate of drug-likeness (QED) is 0.358. The summed E-state index contributed by atoms with van der Waals surface area (Å²) in [7, 11) is 0. The van der Waals surface area contributed by atoms with Crippen LogP contribution in [0.5, 0.6) is 0 Å². The van der Waals surface area contributed by atoms with E-state index in [1.165, 1.54) is 0 Å². The van der Waals surface area contributed by atoms with E-state index in [4.69, 9.17) is 0 Å². The molecule has 0 saturated heterocycles. The summed E-state index contributed by atoms with van der Waals surface area (Å²) >= 11 is -1.50. The summed E-state index contributed by atoms with van der Waals surface area (Å²) in [6.07, 6.45) is 5.28. The Balaban J connectivity index is 2.74. The van der Waals surface area contributed by atoms with Gasteiger partial charge in [-0.15, -0.1) is 0 Å². The van der Waals surface area contributed by atoms with Crippen LogP contribution in [-0.4, -0.2) is 3.79 Å². The summed E-state index contributed by atoms with van der Waals surface area (Å²) in [6.45, 7) is 0. The third-order valence-corrected chi connectivity index (χ3v) is 3.81. The van der Waals surface area contributed by atoms with E-state index < -0.39 is 20.1 Å². The molecule has 0 amide bonds. The van der Waals surface area contributed by atoms with E-state index in [9.17, 15) is 4.79 Å². The number of rotatable bonds is 0. The molecule has 0 aliphatic carbocycles. The summed E-state index contributed by atoms with van der Waals surface area (Å²) in [5.41, 5.74) is 0. The van der Waals surface area contributed by atoms with Crippen LogP contribution in [0.25, 0.3) is 0 Å². The van der Waals surface area contributed by atoms with Gasteiger partial charge in [-0.3, -0.25) is 0 Å². The molecule has 8 heavy (non-hydrogen) atoms. The van der Waals surface area contributed by atoms with Crippen LogP contribution >= 0.6 is 20.1 Å². The van der Waals surface area contributed by atoms with Gasteiger partial charge in [-0.05, 0) is 0 Å². The molecule has 0 spiro atoms. The molecule has 0 unspecified atom stereocenters. The topological polar surface area (TPSA) is 44.7 Å². The molecule has 2 nitrogen and oxygen atoms in total. The van der Waals surface area contributed by atoms with E-state index in [1.54, 1.807) is 12.2 Å². The first-order chi connectivity index (χ1) is 3.80. The van der Waals surface area contributed by atoms with Gasteiger partial charge < -0.3 is 0 Å². The molecule has 44 valence electrons. The molecule has 0 aromatic rings. The van der Waals surface area contributed by atoms with E-state index in [0.717, 1.165) is 0 Å². The van der Waals surface area contributed by atoms with Crippen molar-refractivity contribution in [2.45, 2.75) is 0 Å². The molecule has 3 N–H and O–H groups in total. The Kier molecular flexibility index (Phi) is 1.80. The molecule has 0 saturated carbocycles. The summed E-state index contributed by atoms with van der Waals surface area (Å²) in [4.78, 5) is 10.7. The molecule has 1 aliphatic rings. The third kappa shape index (κ3) is 1.16. The van der Waals surface area contributed by atoms with Gasteiger partial charge in [-0.25, -0.2) is 0 Å². The molecular formula is C5H7INO+. The van der Waals surface area contributed by atoms with Gasteiger partial charge >= 0.3 is 54.9 Å². The zero-order valence-electron chi connectivity index (χ0n) is 4.30. The van der Waals surface area contributed by atoms with Crippen LogP contribution < -0.4 is 3.95 Å². The van der Waals surface area contributed by atoms with Crippen LogP contribution in [0.15, 0.2) is 22.3 Å². The first-order valence-electron chi connectivity index (χ1n) is 2.17. The van der Waals surface area contributed by atoms with Crippen molar-refractivity contribution in [1.29, 1.82) is 0 Å². The standard InChI is InChI=1S/C5H6INO/c7-6-4-2-1-3-5(6)8/h1-4H,7H2/p+1. The second kappa shape index (κ2) is 2.41. The molecule has 0 radical (unpaired) electrons. The van der Waals surface area contributed by atoms with E-state index >= 15 is 0 Å². The summed E-state index contributed by atoms with van der Waals surface area (Å²) < 4.78 is 5.93. The minimum absolute atomic E-state index is 0.247.